The Morgan fingerprint density at radius 3 is 2.62 bits per heavy atom. The first kappa shape index (κ1) is 16.0. The van der Waals surface area contributed by atoms with Gasteiger partial charge in [0.2, 0.25) is 5.95 Å². The fourth-order valence-corrected chi connectivity index (χ4v) is 2.57. The Morgan fingerprint density at radius 1 is 1.29 bits per heavy atom. The summed E-state index contributed by atoms with van der Waals surface area (Å²) >= 11 is 0. The zero-order valence-electron chi connectivity index (χ0n) is 13.5. The Hall–Kier alpha value is -2.87. The summed E-state index contributed by atoms with van der Waals surface area (Å²) in [4.78, 5) is 21.5. The van der Waals surface area contributed by atoms with E-state index >= 15 is 0 Å². The zero-order valence-corrected chi connectivity index (χ0v) is 13.5. The molecule has 8 heteroatoms. The van der Waals surface area contributed by atoms with Crippen LogP contribution in [0.4, 0.5) is 17.3 Å². The van der Waals surface area contributed by atoms with E-state index in [9.17, 15) is 4.79 Å². The summed E-state index contributed by atoms with van der Waals surface area (Å²) in [5.74, 6) is 0.622. The number of hydrogen-bond acceptors (Lipinski definition) is 7. The van der Waals surface area contributed by atoms with Crippen molar-refractivity contribution >= 4 is 23.2 Å². The van der Waals surface area contributed by atoms with E-state index in [4.69, 9.17) is 10.5 Å². The second-order valence-corrected chi connectivity index (χ2v) is 5.41. The number of methoxy groups -OCH3 is 1. The van der Waals surface area contributed by atoms with Gasteiger partial charge in [-0.2, -0.15) is 0 Å². The number of anilines is 3. The fourth-order valence-electron chi connectivity index (χ4n) is 2.57. The minimum atomic E-state index is -0.552. The van der Waals surface area contributed by atoms with Gasteiger partial charge in [-0.1, -0.05) is 0 Å². The maximum atomic E-state index is 11.0. The number of hydrogen-bond donors (Lipinski definition) is 3. The standard InChI is InChI=1S/C16H20N6O2/c1-24-14-8-12(2-3-13(14)22-6-4-18-5-7-22)21-16-19-9-11(10-20-16)15(17)23/h2-3,8-10,18H,4-7H2,1H3,(H2,17,23)(H,19,20,21). The number of primary amides is 1. The molecule has 0 aliphatic carbocycles. The molecule has 3 rings (SSSR count). The van der Waals surface area contributed by atoms with Crippen LogP contribution in [0.2, 0.25) is 0 Å². The predicted molar refractivity (Wildman–Crippen MR) is 91.9 cm³/mol. The van der Waals surface area contributed by atoms with Crippen molar-refractivity contribution in [3.8, 4) is 5.75 Å². The number of piperazine rings is 1. The van der Waals surface area contributed by atoms with Gasteiger partial charge in [-0.15, -0.1) is 0 Å². The number of ether oxygens (including phenoxy) is 1. The van der Waals surface area contributed by atoms with Gasteiger partial charge in [-0.3, -0.25) is 4.79 Å². The van der Waals surface area contributed by atoms with Gasteiger partial charge in [0.15, 0.2) is 0 Å². The number of amides is 1. The van der Waals surface area contributed by atoms with Crippen LogP contribution in [0.25, 0.3) is 0 Å². The zero-order chi connectivity index (χ0) is 16.9. The molecule has 0 radical (unpaired) electrons. The number of carbonyl (C=O) groups is 1. The highest BCUT2D eigenvalue weighted by molar-refractivity contribution is 5.92. The van der Waals surface area contributed by atoms with Crippen molar-refractivity contribution in [1.29, 1.82) is 0 Å². The molecular formula is C16H20N6O2. The van der Waals surface area contributed by atoms with Crippen molar-refractivity contribution in [3.63, 3.8) is 0 Å². The van der Waals surface area contributed by atoms with Gasteiger partial charge >= 0.3 is 0 Å². The second kappa shape index (κ2) is 7.14. The van der Waals surface area contributed by atoms with Crippen molar-refractivity contribution in [2.45, 2.75) is 0 Å². The van der Waals surface area contributed by atoms with Gasteiger partial charge < -0.3 is 26.0 Å². The Kier molecular flexibility index (Phi) is 4.76. The average Bonchev–Trinajstić information content (AvgIpc) is 2.63. The van der Waals surface area contributed by atoms with Gasteiger partial charge in [-0.25, -0.2) is 9.97 Å². The molecule has 1 fully saturated rings. The SMILES string of the molecule is COc1cc(Nc2ncc(C(N)=O)cn2)ccc1N1CCNCC1. The van der Waals surface area contributed by atoms with Gasteiger partial charge in [0.25, 0.3) is 5.91 Å². The molecule has 8 nitrogen and oxygen atoms in total. The third-order valence-electron chi connectivity index (χ3n) is 3.83. The van der Waals surface area contributed by atoms with E-state index in [0.29, 0.717) is 5.95 Å². The van der Waals surface area contributed by atoms with E-state index in [0.717, 1.165) is 43.3 Å². The first-order valence-electron chi connectivity index (χ1n) is 7.70. The minimum Gasteiger partial charge on any atom is -0.495 e. The Morgan fingerprint density at radius 2 is 2.00 bits per heavy atom. The first-order valence-corrected chi connectivity index (χ1v) is 7.70. The van der Waals surface area contributed by atoms with Crippen LogP contribution in [0, 0.1) is 0 Å². The van der Waals surface area contributed by atoms with E-state index < -0.39 is 5.91 Å². The average molecular weight is 328 g/mol. The van der Waals surface area contributed by atoms with Crippen molar-refractivity contribution in [3.05, 3.63) is 36.2 Å². The molecule has 1 aromatic heterocycles. The molecule has 0 saturated carbocycles. The fraction of sp³-hybridized carbons (Fsp3) is 0.312. The molecule has 1 saturated heterocycles. The molecular weight excluding hydrogens is 308 g/mol. The number of nitrogens with one attached hydrogen (secondary N) is 2. The molecule has 2 heterocycles. The van der Waals surface area contributed by atoms with E-state index in [1.54, 1.807) is 7.11 Å². The molecule has 126 valence electrons. The third-order valence-corrected chi connectivity index (χ3v) is 3.83. The first-order chi connectivity index (χ1) is 11.7. The number of nitrogens with zero attached hydrogens (tertiary/aromatic N) is 3. The molecule has 1 aliphatic heterocycles. The number of carbonyl (C=O) groups excluding carboxylic acids is 1. The number of nitrogens with two attached hydrogens (primary N) is 1. The quantitative estimate of drug-likeness (QED) is 0.743. The van der Waals surface area contributed by atoms with Crippen molar-refractivity contribution < 1.29 is 9.53 Å². The lowest BCUT2D eigenvalue weighted by Gasteiger charge is -2.30. The van der Waals surface area contributed by atoms with Crippen LogP contribution in [-0.2, 0) is 0 Å². The van der Waals surface area contributed by atoms with Crippen LogP contribution in [-0.4, -0.2) is 49.2 Å². The van der Waals surface area contributed by atoms with Crippen LogP contribution in [0.3, 0.4) is 0 Å². The smallest absolute Gasteiger partial charge is 0.251 e. The molecule has 0 unspecified atom stereocenters. The van der Waals surface area contributed by atoms with Crippen LogP contribution < -0.4 is 26.0 Å². The number of rotatable bonds is 5. The highest BCUT2D eigenvalue weighted by atomic mass is 16.5. The summed E-state index contributed by atoms with van der Waals surface area (Å²) in [6.07, 6.45) is 2.79. The largest absolute Gasteiger partial charge is 0.495 e. The molecule has 0 spiro atoms. The molecule has 24 heavy (non-hydrogen) atoms. The monoisotopic (exact) mass is 328 g/mol. The van der Waals surface area contributed by atoms with Crippen molar-refractivity contribution in [1.82, 2.24) is 15.3 Å². The summed E-state index contributed by atoms with van der Waals surface area (Å²) in [6.45, 7) is 3.81. The summed E-state index contributed by atoms with van der Waals surface area (Å²) in [5.41, 5.74) is 7.32. The highest BCUT2D eigenvalue weighted by Gasteiger charge is 2.15. The maximum Gasteiger partial charge on any atom is 0.251 e. The van der Waals surface area contributed by atoms with Crippen molar-refractivity contribution in [2.75, 3.05) is 43.5 Å². The third kappa shape index (κ3) is 3.54. The van der Waals surface area contributed by atoms with Gasteiger partial charge in [-0.05, 0) is 12.1 Å². The molecule has 1 aliphatic rings. The predicted octanol–water partition coefficient (Wildman–Crippen LogP) is 0.737. The van der Waals surface area contributed by atoms with E-state index in [1.807, 2.05) is 18.2 Å². The molecule has 2 aromatic rings. The Bertz CT molecular complexity index is 713. The van der Waals surface area contributed by atoms with Crippen molar-refractivity contribution in [2.24, 2.45) is 5.73 Å². The highest BCUT2D eigenvalue weighted by Crippen LogP contribution is 2.32. The molecule has 0 atom stereocenters. The topological polar surface area (TPSA) is 105 Å². The van der Waals surface area contributed by atoms with E-state index in [-0.39, 0.29) is 5.56 Å². The summed E-state index contributed by atoms with van der Waals surface area (Å²) in [7, 11) is 1.66. The van der Waals surface area contributed by atoms with Gasteiger partial charge in [0.05, 0.1) is 18.4 Å². The van der Waals surface area contributed by atoms with Crippen LogP contribution in [0.15, 0.2) is 30.6 Å². The lowest BCUT2D eigenvalue weighted by Crippen LogP contribution is -2.43. The van der Waals surface area contributed by atoms with Gasteiger partial charge in [0, 0.05) is 50.3 Å². The Labute approximate surface area is 140 Å². The summed E-state index contributed by atoms with van der Waals surface area (Å²) < 4.78 is 5.52. The lowest BCUT2D eigenvalue weighted by molar-refractivity contribution is 0.0999. The van der Waals surface area contributed by atoms with Gasteiger partial charge in [0.1, 0.15) is 5.75 Å². The summed E-state index contributed by atoms with van der Waals surface area (Å²) in [6, 6.07) is 5.87. The minimum absolute atomic E-state index is 0.271. The van der Waals surface area contributed by atoms with E-state index in [2.05, 4.69) is 25.5 Å². The van der Waals surface area contributed by atoms with Crippen LogP contribution in [0.5, 0.6) is 5.75 Å². The maximum absolute atomic E-state index is 11.0. The Balaban J connectivity index is 1.77. The molecule has 1 aromatic carbocycles. The molecule has 4 N–H and O–H groups in total. The van der Waals surface area contributed by atoms with Crippen LogP contribution >= 0.6 is 0 Å². The number of aromatic nitrogens is 2. The molecule has 0 bridgehead atoms. The summed E-state index contributed by atoms with van der Waals surface area (Å²) in [5, 5.41) is 6.42. The second-order valence-electron chi connectivity index (χ2n) is 5.41. The lowest BCUT2D eigenvalue weighted by atomic mass is 10.2. The molecule has 1 amide bonds. The van der Waals surface area contributed by atoms with E-state index in [1.165, 1.54) is 12.4 Å². The normalized spacial score (nSPS) is 14.3. The van der Waals surface area contributed by atoms with Crippen LogP contribution in [0.1, 0.15) is 10.4 Å². The number of benzene rings is 1.